The number of nitrogens with zero attached hydrogens (tertiary/aromatic N) is 4. The first-order chi connectivity index (χ1) is 16.7. The average Bonchev–Trinajstić information content (AvgIpc) is 3.55. The minimum Gasteiger partial charge on any atom is -0.497 e. The fourth-order valence-corrected chi connectivity index (χ4v) is 4.89. The van der Waals surface area contributed by atoms with Crippen LogP contribution in [0.4, 0.5) is 0 Å². The molecule has 34 heavy (non-hydrogen) atoms. The third-order valence-electron chi connectivity index (χ3n) is 5.93. The summed E-state index contributed by atoms with van der Waals surface area (Å²) < 4.78 is 12.9. The van der Waals surface area contributed by atoms with Crippen molar-refractivity contribution in [3.63, 3.8) is 0 Å². The smallest absolute Gasteiger partial charge is 0.237 e. The van der Waals surface area contributed by atoms with Gasteiger partial charge < -0.3 is 18.6 Å². The van der Waals surface area contributed by atoms with E-state index in [4.69, 9.17) is 9.15 Å². The maximum atomic E-state index is 13.4. The summed E-state index contributed by atoms with van der Waals surface area (Å²) in [7, 11) is 1.66. The van der Waals surface area contributed by atoms with Crippen molar-refractivity contribution in [3.05, 3.63) is 60.2 Å². The molecule has 0 saturated heterocycles. The molecule has 1 aromatic carbocycles. The number of benzene rings is 1. The number of carbonyl (C=O) groups excluding carboxylic acids is 1. The van der Waals surface area contributed by atoms with E-state index < -0.39 is 0 Å². The fraction of sp³-hybridized carbons (Fsp3) is 0.423. The van der Waals surface area contributed by atoms with Crippen molar-refractivity contribution in [3.8, 4) is 17.1 Å². The molecule has 7 nitrogen and oxygen atoms in total. The van der Waals surface area contributed by atoms with Gasteiger partial charge in [0.05, 0.1) is 25.7 Å². The molecule has 4 rings (SSSR count). The van der Waals surface area contributed by atoms with E-state index in [1.807, 2.05) is 41.3 Å². The second kappa shape index (κ2) is 11.9. The van der Waals surface area contributed by atoms with Gasteiger partial charge >= 0.3 is 0 Å². The van der Waals surface area contributed by atoms with Gasteiger partial charge in [0.2, 0.25) is 5.91 Å². The third-order valence-corrected chi connectivity index (χ3v) is 6.89. The molecule has 1 aliphatic carbocycles. The largest absolute Gasteiger partial charge is 0.497 e. The predicted octanol–water partition coefficient (Wildman–Crippen LogP) is 5.93. The normalized spacial score (nSPS) is 13.5. The minimum atomic E-state index is 0.0607. The van der Waals surface area contributed by atoms with Crippen molar-refractivity contribution >= 4 is 17.7 Å². The van der Waals surface area contributed by atoms with Crippen LogP contribution in [0.5, 0.6) is 5.75 Å². The van der Waals surface area contributed by atoms with E-state index in [0.717, 1.165) is 72.4 Å². The molecule has 3 aromatic rings. The zero-order chi connectivity index (χ0) is 23.8. The molecular formula is C26H32N4O3S. The molecule has 0 N–H and O–H groups in total. The second-order valence-corrected chi connectivity index (χ2v) is 9.27. The first-order valence-corrected chi connectivity index (χ1v) is 12.9. The predicted molar refractivity (Wildman–Crippen MR) is 133 cm³/mol. The molecule has 0 unspecified atom stereocenters. The molecule has 8 heteroatoms. The molecule has 0 aliphatic heterocycles. The quantitative estimate of drug-likeness (QED) is 0.317. The monoisotopic (exact) mass is 480 g/mol. The Labute approximate surface area is 205 Å². The van der Waals surface area contributed by atoms with Crippen LogP contribution in [0, 0.1) is 0 Å². The van der Waals surface area contributed by atoms with Crippen molar-refractivity contribution in [1.29, 1.82) is 0 Å². The number of carbonyl (C=O) groups is 1. The zero-order valence-electron chi connectivity index (χ0n) is 19.9. The van der Waals surface area contributed by atoms with Crippen molar-refractivity contribution in [1.82, 2.24) is 19.7 Å². The summed E-state index contributed by atoms with van der Waals surface area (Å²) in [5.74, 6) is 2.76. The van der Waals surface area contributed by atoms with Crippen LogP contribution in [0.3, 0.4) is 0 Å². The summed E-state index contributed by atoms with van der Waals surface area (Å²) in [4.78, 5) is 15.2. The van der Waals surface area contributed by atoms with Crippen molar-refractivity contribution in [2.75, 3.05) is 12.9 Å². The van der Waals surface area contributed by atoms with E-state index in [0.29, 0.717) is 12.3 Å². The lowest BCUT2D eigenvalue weighted by atomic mass is 10.0. The Hall–Kier alpha value is -3.00. The number of aromatic nitrogens is 3. The number of rotatable bonds is 11. The number of allylic oxidation sites excluding steroid dienone is 2. The molecule has 1 aliphatic rings. The van der Waals surface area contributed by atoms with E-state index in [1.54, 1.807) is 13.4 Å². The summed E-state index contributed by atoms with van der Waals surface area (Å²) in [6.45, 7) is 3.43. The molecule has 1 amide bonds. The van der Waals surface area contributed by atoms with Gasteiger partial charge in [-0.05, 0) is 68.5 Å². The van der Waals surface area contributed by atoms with Crippen LogP contribution in [0.2, 0.25) is 0 Å². The molecule has 0 fully saturated rings. The molecule has 0 radical (unpaired) electrons. The van der Waals surface area contributed by atoms with Gasteiger partial charge in [0.15, 0.2) is 11.0 Å². The van der Waals surface area contributed by atoms with Crippen LogP contribution in [0.25, 0.3) is 11.4 Å². The van der Waals surface area contributed by atoms with Crippen LogP contribution >= 0.6 is 11.8 Å². The summed E-state index contributed by atoms with van der Waals surface area (Å²) in [6.07, 6.45) is 10.1. The van der Waals surface area contributed by atoms with E-state index >= 15 is 0 Å². The second-order valence-electron chi connectivity index (χ2n) is 8.33. The molecule has 0 saturated carbocycles. The fourth-order valence-electron chi connectivity index (χ4n) is 4.05. The molecule has 0 spiro atoms. The topological polar surface area (TPSA) is 73.4 Å². The van der Waals surface area contributed by atoms with Gasteiger partial charge in [0, 0.05) is 17.8 Å². The van der Waals surface area contributed by atoms with E-state index in [1.165, 1.54) is 18.2 Å². The van der Waals surface area contributed by atoms with Crippen LogP contribution in [0.1, 0.15) is 51.2 Å². The maximum Gasteiger partial charge on any atom is 0.237 e. The molecular weight excluding hydrogens is 448 g/mol. The highest BCUT2D eigenvalue weighted by Gasteiger charge is 2.23. The van der Waals surface area contributed by atoms with Gasteiger partial charge in [0.25, 0.3) is 0 Å². The van der Waals surface area contributed by atoms with Crippen LogP contribution in [0.15, 0.2) is 64.0 Å². The molecule has 2 heterocycles. The number of unbranched alkanes of at least 4 members (excludes halogenated alkanes) is 1. The van der Waals surface area contributed by atoms with Crippen molar-refractivity contribution in [2.24, 2.45) is 0 Å². The Balaban J connectivity index is 1.51. The highest BCUT2D eigenvalue weighted by molar-refractivity contribution is 7.99. The van der Waals surface area contributed by atoms with Gasteiger partial charge in [-0.25, -0.2) is 0 Å². The van der Waals surface area contributed by atoms with Crippen molar-refractivity contribution < 1.29 is 13.9 Å². The third kappa shape index (κ3) is 5.91. The number of methoxy groups -OCH3 is 1. The molecule has 2 aromatic heterocycles. The highest BCUT2D eigenvalue weighted by Crippen LogP contribution is 2.28. The number of amides is 1. The van der Waals surface area contributed by atoms with Crippen molar-refractivity contribution in [2.45, 2.75) is 63.7 Å². The molecule has 0 bridgehead atoms. The number of hydrogen-bond acceptors (Lipinski definition) is 6. The summed E-state index contributed by atoms with van der Waals surface area (Å²) in [5.41, 5.74) is 2.08. The number of furan rings is 1. The summed E-state index contributed by atoms with van der Waals surface area (Å²) in [5, 5.41) is 9.68. The van der Waals surface area contributed by atoms with Crippen LogP contribution in [-0.2, 0) is 17.9 Å². The Morgan fingerprint density at radius 2 is 2.06 bits per heavy atom. The van der Waals surface area contributed by atoms with Gasteiger partial charge in [-0.2, -0.15) is 0 Å². The first-order valence-electron chi connectivity index (χ1n) is 11.9. The number of ether oxygens (including phenoxy) is 1. The minimum absolute atomic E-state index is 0.0607. The number of hydrogen-bond donors (Lipinski definition) is 0. The van der Waals surface area contributed by atoms with E-state index in [9.17, 15) is 4.79 Å². The maximum absolute atomic E-state index is 13.4. The highest BCUT2D eigenvalue weighted by atomic mass is 32.2. The lowest BCUT2D eigenvalue weighted by molar-refractivity contribution is -0.127. The Kier molecular flexibility index (Phi) is 8.46. The molecule has 0 atom stereocenters. The van der Waals surface area contributed by atoms with Gasteiger partial charge in [0.1, 0.15) is 11.5 Å². The zero-order valence-corrected chi connectivity index (χ0v) is 20.7. The van der Waals surface area contributed by atoms with Gasteiger partial charge in [-0.15, -0.1) is 10.2 Å². The average molecular weight is 481 g/mol. The SMILES string of the molecule is CCCCn1c(SCC(=O)N(Cc2ccco2)C2=CCCCC2)nnc1-c1ccc(OC)cc1. The molecule has 180 valence electrons. The summed E-state index contributed by atoms with van der Waals surface area (Å²) in [6, 6.07) is 11.6. The van der Waals surface area contributed by atoms with Crippen LogP contribution < -0.4 is 4.74 Å². The Morgan fingerprint density at radius 1 is 1.21 bits per heavy atom. The van der Waals surface area contributed by atoms with Gasteiger partial charge in [-0.3, -0.25) is 4.79 Å². The lowest BCUT2D eigenvalue weighted by Gasteiger charge is -2.27. The first kappa shape index (κ1) is 24.1. The Morgan fingerprint density at radius 3 is 2.74 bits per heavy atom. The summed E-state index contributed by atoms with van der Waals surface area (Å²) >= 11 is 1.45. The standard InChI is InChI=1S/C26H32N4O3S/c1-3-4-16-29-25(20-12-14-22(32-2)15-13-20)27-28-26(29)34-19-24(31)30(18-23-11-8-17-33-23)21-9-6-5-7-10-21/h8-9,11-15,17H,3-7,10,16,18-19H2,1-2H3. The van der Waals surface area contributed by atoms with E-state index in [-0.39, 0.29) is 5.91 Å². The van der Waals surface area contributed by atoms with Crippen LogP contribution in [-0.4, -0.2) is 38.4 Å². The Bertz CT molecular complexity index is 1090. The van der Waals surface area contributed by atoms with E-state index in [2.05, 4.69) is 27.8 Å². The lowest BCUT2D eigenvalue weighted by Crippen LogP contribution is -2.32. The number of thioether (sulfide) groups is 1. The van der Waals surface area contributed by atoms with Gasteiger partial charge in [-0.1, -0.05) is 31.2 Å².